The molecule has 0 aliphatic carbocycles. The van der Waals surface area contributed by atoms with E-state index in [1.54, 1.807) is 29.3 Å². The smallest absolute Gasteiger partial charge is 0.265 e. The van der Waals surface area contributed by atoms with Gasteiger partial charge in [-0.15, -0.1) is 11.3 Å². The zero-order valence-corrected chi connectivity index (χ0v) is 17.6. The van der Waals surface area contributed by atoms with Crippen LogP contribution in [-0.4, -0.2) is 25.5 Å². The molecule has 7 nitrogen and oxygen atoms in total. The van der Waals surface area contributed by atoms with Gasteiger partial charge >= 0.3 is 0 Å². The molecule has 1 amide bonds. The van der Waals surface area contributed by atoms with E-state index >= 15 is 0 Å². The number of aromatic nitrogens is 4. The van der Waals surface area contributed by atoms with Crippen molar-refractivity contribution in [2.75, 3.05) is 5.32 Å². The van der Waals surface area contributed by atoms with Crippen molar-refractivity contribution in [1.29, 1.82) is 0 Å². The quantitative estimate of drug-likeness (QED) is 0.420. The van der Waals surface area contributed by atoms with E-state index in [0.29, 0.717) is 27.9 Å². The normalized spacial score (nSPS) is 10.9. The summed E-state index contributed by atoms with van der Waals surface area (Å²) in [6, 6.07) is 5.67. The van der Waals surface area contributed by atoms with Crippen LogP contribution in [0.2, 0.25) is 10.0 Å². The highest BCUT2D eigenvalue weighted by molar-refractivity contribution is 7.12. The molecule has 0 spiro atoms. The van der Waals surface area contributed by atoms with Gasteiger partial charge in [-0.25, -0.2) is 9.07 Å². The summed E-state index contributed by atoms with van der Waals surface area (Å²) >= 11 is 13.1. The molecule has 30 heavy (non-hydrogen) atoms. The third-order valence-electron chi connectivity index (χ3n) is 3.96. The standard InChI is InChI=1S/C19H14Cl2FN5O2S/c20-13-5-23-26(8-13)7-12-3-18(30-10-12)19(28)25-15-6-24-27(9-15)11-29-17-2-1-14(22)4-16(17)21/h1-6,8-10H,7,11H2,(H,25,28). The predicted octanol–water partition coefficient (Wildman–Crippen LogP) is 4.92. The second-order valence-corrected chi connectivity index (χ2v) is 8.00. The van der Waals surface area contributed by atoms with Crippen molar-refractivity contribution in [3.63, 3.8) is 0 Å². The average molecular weight is 466 g/mol. The highest BCUT2D eigenvalue weighted by Gasteiger charge is 2.12. The first-order valence-corrected chi connectivity index (χ1v) is 10.3. The first-order valence-electron chi connectivity index (χ1n) is 8.63. The monoisotopic (exact) mass is 465 g/mol. The number of thiophene rings is 1. The Balaban J connectivity index is 1.33. The second kappa shape index (κ2) is 8.86. The number of hydrogen-bond donors (Lipinski definition) is 1. The number of nitrogens with one attached hydrogen (secondary N) is 1. The average Bonchev–Trinajstić information content (AvgIpc) is 3.43. The SMILES string of the molecule is O=C(Nc1cnn(COc2ccc(F)cc2Cl)c1)c1cc(Cn2cc(Cl)cn2)cs1. The molecule has 0 saturated heterocycles. The molecule has 0 bridgehead atoms. The zero-order valence-electron chi connectivity index (χ0n) is 15.3. The fourth-order valence-corrected chi connectivity index (χ4v) is 3.79. The minimum absolute atomic E-state index is 0.0524. The largest absolute Gasteiger partial charge is 0.470 e. The van der Waals surface area contributed by atoms with E-state index in [1.807, 2.05) is 5.38 Å². The molecule has 0 radical (unpaired) electrons. The molecule has 11 heteroatoms. The maximum absolute atomic E-state index is 13.1. The van der Waals surface area contributed by atoms with Crippen LogP contribution >= 0.6 is 34.5 Å². The molecular weight excluding hydrogens is 452 g/mol. The maximum Gasteiger partial charge on any atom is 0.265 e. The van der Waals surface area contributed by atoms with Crippen LogP contribution in [0.4, 0.5) is 10.1 Å². The molecule has 4 rings (SSSR count). The van der Waals surface area contributed by atoms with Gasteiger partial charge in [-0.05, 0) is 35.2 Å². The van der Waals surface area contributed by atoms with Gasteiger partial charge < -0.3 is 10.1 Å². The van der Waals surface area contributed by atoms with Crippen LogP contribution in [-0.2, 0) is 13.3 Å². The van der Waals surface area contributed by atoms with Gasteiger partial charge in [0, 0.05) is 6.20 Å². The lowest BCUT2D eigenvalue weighted by atomic mass is 10.3. The molecule has 3 heterocycles. The van der Waals surface area contributed by atoms with Crippen LogP contribution in [0.1, 0.15) is 15.2 Å². The molecule has 0 atom stereocenters. The Hall–Kier alpha value is -2.88. The van der Waals surface area contributed by atoms with Gasteiger partial charge in [0.05, 0.1) is 45.7 Å². The van der Waals surface area contributed by atoms with Crippen molar-refractivity contribution in [1.82, 2.24) is 19.6 Å². The summed E-state index contributed by atoms with van der Waals surface area (Å²) < 4.78 is 21.8. The van der Waals surface area contributed by atoms with E-state index in [2.05, 4.69) is 15.5 Å². The lowest BCUT2D eigenvalue weighted by molar-refractivity contribution is 0.103. The number of nitrogens with zero attached hydrogens (tertiary/aromatic N) is 4. The van der Waals surface area contributed by atoms with E-state index in [9.17, 15) is 9.18 Å². The molecule has 0 saturated carbocycles. The Morgan fingerprint density at radius 2 is 2.00 bits per heavy atom. The molecule has 4 aromatic rings. The number of halogens is 3. The molecule has 0 unspecified atom stereocenters. The van der Waals surface area contributed by atoms with Crippen molar-refractivity contribution in [3.8, 4) is 5.75 Å². The van der Waals surface area contributed by atoms with Gasteiger partial charge in [-0.2, -0.15) is 10.2 Å². The maximum atomic E-state index is 13.1. The minimum Gasteiger partial charge on any atom is -0.470 e. The molecule has 0 aliphatic heterocycles. The molecule has 0 aliphatic rings. The van der Waals surface area contributed by atoms with Gasteiger partial charge in [-0.1, -0.05) is 23.2 Å². The highest BCUT2D eigenvalue weighted by Crippen LogP contribution is 2.25. The molecule has 1 N–H and O–H groups in total. The second-order valence-electron chi connectivity index (χ2n) is 6.25. The third-order valence-corrected chi connectivity index (χ3v) is 5.43. The van der Waals surface area contributed by atoms with Crippen LogP contribution < -0.4 is 10.1 Å². The lowest BCUT2D eigenvalue weighted by Crippen LogP contribution is -2.10. The van der Waals surface area contributed by atoms with E-state index in [-0.39, 0.29) is 17.7 Å². The number of carbonyl (C=O) groups is 1. The Bertz CT molecular complexity index is 1190. The number of anilines is 1. The fraction of sp³-hybridized carbons (Fsp3) is 0.105. The summed E-state index contributed by atoms with van der Waals surface area (Å²) in [5.41, 5.74) is 1.47. The molecule has 1 aromatic carbocycles. The van der Waals surface area contributed by atoms with E-state index in [1.165, 1.54) is 40.4 Å². The van der Waals surface area contributed by atoms with Gasteiger partial charge in [0.15, 0.2) is 6.73 Å². The Labute approximate surface area is 184 Å². The highest BCUT2D eigenvalue weighted by atomic mass is 35.5. The van der Waals surface area contributed by atoms with Gasteiger partial charge in [0.1, 0.15) is 11.6 Å². The summed E-state index contributed by atoms with van der Waals surface area (Å²) in [7, 11) is 0. The zero-order chi connectivity index (χ0) is 21.1. The fourth-order valence-electron chi connectivity index (χ4n) is 2.61. The van der Waals surface area contributed by atoms with Crippen molar-refractivity contribution in [2.24, 2.45) is 0 Å². The van der Waals surface area contributed by atoms with Gasteiger partial charge in [0.25, 0.3) is 5.91 Å². The van der Waals surface area contributed by atoms with E-state index in [0.717, 1.165) is 5.56 Å². The summed E-state index contributed by atoms with van der Waals surface area (Å²) in [6.45, 7) is 0.578. The Morgan fingerprint density at radius 3 is 2.77 bits per heavy atom. The number of amides is 1. The van der Waals surface area contributed by atoms with Crippen LogP contribution in [0.3, 0.4) is 0 Å². The predicted molar refractivity (Wildman–Crippen MR) is 113 cm³/mol. The first-order chi connectivity index (χ1) is 14.5. The Morgan fingerprint density at radius 1 is 1.17 bits per heavy atom. The van der Waals surface area contributed by atoms with Crippen LogP contribution in [0, 0.1) is 5.82 Å². The van der Waals surface area contributed by atoms with Crippen LogP contribution in [0.15, 0.2) is 54.4 Å². The topological polar surface area (TPSA) is 74.0 Å². The van der Waals surface area contributed by atoms with E-state index < -0.39 is 5.82 Å². The third kappa shape index (κ3) is 4.99. The van der Waals surface area contributed by atoms with Crippen molar-refractivity contribution in [3.05, 3.63) is 80.7 Å². The van der Waals surface area contributed by atoms with E-state index in [4.69, 9.17) is 27.9 Å². The van der Waals surface area contributed by atoms with Crippen LogP contribution in [0.5, 0.6) is 5.75 Å². The number of benzene rings is 1. The van der Waals surface area contributed by atoms with Crippen molar-refractivity contribution >= 4 is 46.1 Å². The van der Waals surface area contributed by atoms with Crippen LogP contribution in [0.25, 0.3) is 0 Å². The summed E-state index contributed by atoms with van der Waals surface area (Å²) in [5, 5.41) is 13.7. The molecule has 154 valence electrons. The molecule has 3 aromatic heterocycles. The number of rotatable bonds is 7. The van der Waals surface area contributed by atoms with Crippen molar-refractivity contribution in [2.45, 2.75) is 13.3 Å². The minimum atomic E-state index is -0.443. The molecular formula is C19H14Cl2FN5O2S. The summed E-state index contributed by atoms with van der Waals surface area (Å²) in [6.07, 6.45) is 6.41. The first kappa shape index (κ1) is 20.4. The Kier molecular flexibility index (Phi) is 6.03. The lowest BCUT2D eigenvalue weighted by Gasteiger charge is -2.07. The van der Waals surface area contributed by atoms with Gasteiger partial charge in [0.2, 0.25) is 0 Å². The number of ether oxygens (including phenoxy) is 1. The molecule has 0 fully saturated rings. The van der Waals surface area contributed by atoms with Crippen molar-refractivity contribution < 1.29 is 13.9 Å². The summed E-state index contributed by atoms with van der Waals surface area (Å²) in [5.74, 6) is -0.350. The van der Waals surface area contributed by atoms with Gasteiger partial charge in [-0.3, -0.25) is 9.48 Å². The number of hydrogen-bond acceptors (Lipinski definition) is 5. The number of carbonyl (C=O) groups excluding carboxylic acids is 1. The summed E-state index contributed by atoms with van der Waals surface area (Å²) in [4.78, 5) is 13.0.